The van der Waals surface area contributed by atoms with Crippen molar-refractivity contribution in [3.8, 4) is 0 Å². The summed E-state index contributed by atoms with van der Waals surface area (Å²) in [6.45, 7) is 4.24. The lowest BCUT2D eigenvalue weighted by atomic mass is 9.99. The normalized spacial score (nSPS) is 24.1. The third-order valence-electron chi connectivity index (χ3n) is 4.04. The molecule has 1 heterocycles. The Balaban J connectivity index is 1.90. The average Bonchev–Trinajstić information content (AvgIpc) is 3.11. The Kier molecular flexibility index (Phi) is 4.30. The van der Waals surface area contributed by atoms with E-state index in [0.717, 1.165) is 12.8 Å². The predicted octanol–water partition coefficient (Wildman–Crippen LogP) is 0.613. The Morgan fingerprint density at radius 3 is 2.55 bits per heavy atom. The molecule has 112 valence electrons. The van der Waals surface area contributed by atoms with Gasteiger partial charge in [0.15, 0.2) is 0 Å². The van der Waals surface area contributed by atoms with Crippen LogP contribution in [-0.2, 0) is 14.4 Å². The molecule has 2 N–H and O–H groups in total. The highest BCUT2D eigenvalue weighted by molar-refractivity contribution is 5.89. The molecular formula is C14H22N2O4. The van der Waals surface area contributed by atoms with Crippen LogP contribution >= 0.6 is 0 Å². The van der Waals surface area contributed by atoms with E-state index in [2.05, 4.69) is 5.32 Å². The first kappa shape index (κ1) is 14.8. The molecule has 2 unspecified atom stereocenters. The van der Waals surface area contributed by atoms with Gasteiger partial charge in [0.1, 0.15) is 0 Å². The maximum atomic E-state index is 12.2. The van der Waals surface area contributed by atoms with Crippen molar-refractivity contribution in [3.63, 3.8) is 0 Å². The third-order valence-corrected chi connectivity index (χ3v) is 4.04. The summed E-state index contributed by atoms with van der Waals surface area (Å²) < 4.78 is 0. The van der Waals surface area contributed by atoms with Gasteiger partial charge in [0.2, 0.25) is 11.8 Å². The Morgan fingerprint density at radius 1 is 1.40 bits per heavy atom. The second-order valence-electron chi connectivity index (χ2n) is 6.14. The molecule has 2 atom stereocenters. The number of likely N-dealkylation sites (tertiary alicyclic amines) is 1. The summed E-state index contributed by atoms with van der Waals surface area (Å²) in [6, 6.07) is -0.0507. The van der Waals surface area contributed by atoms with Gasteiger partial charge in [-0.05, 0) is 18.8 Å². The van der Waals surface area contributed by atoms with Gasteiger partial charge in [0.25, 0.3) is 0 Å². The van der Waals surface area contributed by atoms with Crippen LogP contribution in [0.3, 0.4) is 0 Å². The van der Waals surface area contributed by atoms with E-state index < -0.39 is 5.97 Å². The molecule has 1 aliphatic carbocycles. The van der Waals surface area contributed by atoms with Gasteiger partial charge in [-0.25, -0.2) is 0 Å². The smallest absolute Gasteiger partial charge is 0.305 e. The SMILES string of the molecule is CC(C)C(CC(=O)O)NC(=O)C1CC(=O)N(C2CC2)C1. The monoisotopic (exact) mass is 282 g/mol. The zero-order valence-corrected chi connectivity index (χ0v) is 12.0. The zero-order chi connectivity index (χ0) is 14.9. The number of aliphatic carboxylic acids is 1. The van der Waals surface area contributed by atoms with Crippen molar-refractivity contribution in [1.29, 1.82) is 0 Å². The van der Waals surface area contributed by atoms with Crippen LogP contribution in [0.2, 0.25) is 0 Å². The first-order valence-electron chi connectivity index (χ1n) is 7.20. The molecule has 2 rings (SSSR count). The van der Waals surface area contributed by atoms with Crippen LogP contribution in [0.15, 0.2) is 0 Å². The lowest BCUT2D eigenvalue weighted by molar-refractivity contribution is -0.138. The van der Waals surface area contributed by atoms with E-state index in [1.807, 2.05) is 13.8 Å². The summed E-state index contributed by atoms with van der Waals surface area (Å²) in [5, 5.41) is 11.7. The minimum atomic E-state index is -0.925. The molecule has 0 spiro atoms. The van der Waals surface area contributed by atoms with Crippen molar-refractivity contribution in [2.75, 3.05) is 6.54 Å². The predicted molar refractivity (Wildman–Crippen MR) is 71.9 cm³/mol. The summed E-state index contributed by atoms with van der Waals surface area (Å²) >= 11 is 0. The molecule has 0 radical (unpaired) electrons. The molecule has 2 amide bonds. The number of carboxylic acid groups (broad SMARTS) is 1. The van der Waals surface area contributed by atoms with E-state index in [0.29, 0.717) is 12.6 Å². The van der Waals surface area contributed by atoms with Crippen molar-refractivity contribution in [3.05, 3.63) is 0 Å². The number of rotatable bonds is 6. The molecule has 20 heavy (non-hydrogen) atoms. The van der Waals surface area contributed by atoms with Gasteiger partial charge in [-0.15, -0.1) is 0 Å². The number of nitrogens with zero attached hydrogens (tertiary/aromatic N) is 1. The zero-order valence-electron chi connectivity index (χ0n) is 12.0. The molecule has 6 heteroatoms. The van der Waals surface area contributed by atoms with Crippen molar-refractivity contribution >= 4 is 17.8 Å². The molecular weight excluding hydrogens is 260 g/mol. The van der Waals surface area contributed by atoms with Crippen LogP contribution in [0.1, 0.15) is 39.5 Å². The van der Waals surface area contributed by atoms with Crippen molar-refractivity contribution < 1.29 is 19.5 Å². The summed E-state index contributed by atoms with van der Waals surface area (Å²) in [7, 11) is 0. The molecule has 0 bridgehead atoms. The Labute approximate surface area is 118 Å². The Bertz CT molecular complexity index is 417. The van der Waals surface area contributed by atoms with E-state index in [-0.39, 0.29) is 42.5 Å². The van der Waals surface area contributed by atoms with Gasteiger partial charge in [-0.3, -0.25) is 14.4 Å². The second kappa shape index (κ2) is 5.81. The van der Waals surface area contributed by atoms with Gasteiger partial charge in [-0.2, -0.15) is 0 Å². The maximum absolute atomic E-state index is 12.2. The van der Waals surface area contributed by atoms with Crippen LogP contribution in [0.4, 0.5) is 0 Å². The lowest BCUT2D eigenvalue weighted by Gasteiger charge is -2.22. The topological polar surface area (TPSA) is 86.7 Å². The molecule has 2 fully saturated rings. The van der Waals surface area contributed by atoms with Crippen LogP contribution < -0.4 is 5.32 Å². The number of hydrogen-bond donors (Lipinski definition) is 2. The second-order valence-corrected chi connectivity index (χ2v) is 6.14. The number of carboxylic acids is 1. The highest BCUT2D eigenvalue weighted by Crippen LogP contribution is 2.32. The maximum Gasteiger partial charge on any atom is 0.305 e. The van der Waals surface area contributed by atoms with E-state index in [9.17, 15) is 14.4 Å². The molecule has 0 aromatic rings. The molecule has 1 saturated heterocycles. The fraction of sp³-hybridized carbons (Fsp3) is 0.786. The fourth-order valence-corrected chi connectivity index (χ4v) is 2.59. The largest absolute Gasteiger partial charge is 0.481 e. The van der Waals surface area contributed by atoms with Crippen molar-refractivity contribution in [2.24, 2.45) is 11.8 Å². The number of nitrogens with one attached hydrogen (secondary N) is 1. The van der Waals surface area contributed by atoms with E-state index in [1.165, 1.54) is 0 Å². The summed E-state index contributed by atoms with van der Waals surface area (Å²) in [6.07, 6.45) is 2.23. The molecule has 0 aromatic heterocycles. The number of hydrogen-bond acceptors (Lipinski definition) is 3. The summed E-state index contributed by atoms with van der Waals surface area (Å²) in [4.78, 5) is 36.6. The fourth-order valence-electron chi connectivity index (χ4n) is 2.59. The van der Waals surface area contributed by atoms with E-state index in [1.54, 1.807) is 4.90 Å². The minimum Gasteiger partial charge on any atom is -0.481 e. The van der Waals surface area contributed by atoms with E-state index in [4.69, 9.17) is 5.11 Å². The van der Waals surface area contributed by atoms with Gasteiger partial charge >= 0.3 is 5.97 Å². The lowest BCUT2D eigenvalue weighted by Crippen LogP contribution is -2.43. The number of amides is 2. The molecule has 1 aliphatic heterocycles. The van der Waals surface area contributed by atoms with Crippen LogP contribution in [-0.4, -0.2) is 46.4 Å². The molecule has 6 nitrogen and oxygen atoms in total. The van der Waals surface area contributed by atoms with Gasteiger partial charge in [0.05, 0.1) is 12.3 Å². The highest BCUT2D eigenvalue weighted by Gasteiger charge is 2.42. The number of carbonyl (C=O) groups excluding carboxylic acids is 2. The Morgan fingerprint density at radius 2 is 2.05 bits per heavy atom. The summed E-state index contributed by atoms with van der Waals surface area (Å²) in [5.74, 6) is -1.36. The van der Waals surface area contributed by atoms with Crippen molar-refractivity contribution in [2.45, 2.75) is 51.6 Å². The van der Waals surface area contributed by atoms with Gasteiger partial charge < -0.3 is 15.3 Å². The van der Waals surface area contributed by atoms with Gasteiger partial charge in [-0.1, -0.05) is 13.8 Å². The van der Waals surface area contributed by atoms with Crippen LogP contribution in [0.5, 0.6) is 0 Å². The molecule has 0 aromatic carbocycles. The first-order valence-corrected chi connectivity index (χ1v) is 7.20. The van der Waals surface area contributed by atoms with Crippen molar-refractivity contribution in [1.82, 2.24) is 10.2 Å². The minimum absolute atomic E-state index is 0.0479. The number of carbonyl (C=O) groups is 3. The quantitative estimate of drug-likeness (QED) is 0.747. The third kappa shape index (κ3) is 3.49. The first-order chi connectivity index (χ1) is 9.38. The highest BCUT2D eigenvalue weighted by atomic mass is 16.4. The Hall–Kier alpha value is -1.59. The van der Waals surface area contributed by atoms with Crippen LogP contribution in [0, 0.1) is 11.8 Å². The molecule has 1 saturated carbocycles. The standard InChI is InChI=1S/C14H22N2O4/c1-8(2)11(6-13(18)19)15-14(20)9-5-12(17)16(7-9)10-3-4-10/h8-11H,3-7H2,1-2H3,(H,15,20)(H,18,19). The van der Waals surface area contributed by atoms with Crippen LogP contribution in [0.25, 0.3) is 0 Å². The molecule has 2 aliphatic rings. The summed E-state index contributed by atoms with van der Waals surface area (Å²) in [5.41, 5.74) is 0. The average molecular weight is 282 g/mol. The van der Waals surface area contributed by atoms with Gasteiger partial charge in [0, 0.05) is 25.0 Å². The van der Waals surface area contributed by atoms with E-state index >= 15 is 0 Å².